The summed E-state index contributed by atoms with van der Waals surface area (Å²) in [4.78, 5) is 23.6. The molecule has 0 saturated carbocycles. The Morgan fingerprint density at radius 2 is 1.91 bits per heavy atom. The maximum Gasteiger partial charge on any atom is 0.269 e. The van der Waals surface area contributed by atoms with Crippen molar-refractivity contribution in [3.05, 3.63) is 34.4 Å². The molecule has 1 rings (SSSR count). The fourth-order valence-corrected chi connectivity index (χ4v) is 1.77. The first-order valence-corrected chi connectivity index (χ1v) is 6.91. The smallest absolute Gasteiger partial charge is 0.269 e. The van der Waals surface area contributed by atoms with Gasteiger partial charge in [0.25, 0.3) is 5.69 Å². The minimum atomic E-state index is -0.427. The van der Waals surface area contributed by atoms with E-state index in [4.69, 9.17) is 0 Å². The standard InChI is InChI=1S/C14H22N4O3.ClH/c1-15-10-11-17(2)14(19)4-3-9-16-12-5-7-13(8-6-12)18(20)21;/h5-8,15-16H,3-4,9-11H2,1-2H3;1H. The van der Waals surface area contributed by atoms with Crippen LogP contribution in [0.1, 0.15) is 12.8 Å². The van der Waals surface area contributed by atoms with Crippen molar-refractivity contribution >= 4 is 29.7 Å². The lowest BCUT2D eigenvalue weighted by Crippen LogP contribution is -2.32. The number of rotatable bonds is 9. The van der Waals surface area contributed by atoms with Crippen LogP contribution in [0, 0.1) is 10.1 Å². The number of benzene rings is 1. The summed E-state index contributed by atoms with van der Waals surface area (Å²) in [7, 11) is 3.65. The lowest BCUT2D eigenvalue weighted by atomic mass is 10.2. The third kappa shape index (κ3) is 7.24. The molecule has 1 aromatic carbocycles. The van der Waals surface area contributed by atoms with Gasteiger partial charge in [-0.05, 0) is 25.6 Å². The average Bonchev–Trinajstić information content (AvgIpc) is 2.49. The van der Waals surface area contributed by atoms with Gasteiger partial charge in [-0.2, -0.15) is 0 Å². The molecule has 2 N–H and O–H groups in total. The first-order valence-electron chi connectivity index (χ1n) is 6.91. The summed E-state index contributed by atoms with van der Waals surface area (Å²) in [5.41, 5.74) is 0.887. The molecule has 1 amide bonds. The van der Waals surface area contributed by atoms with Crippen molar-refractivity contribution < 1.29 is 9.72 Å². The lowest BCUT2D eigenvalue weighted by molar-refractivity contribution is -0.384. The van der Waals surface area contributed by atoms with Gasteiger partial charge < -0.3 is 15.5 Å². The molecule has 0 bridgehead atoms. The van der Waals surface area contributed by atoms with Crippen LogP contribution in [0.5, 0.6) is 0 Å². The van der Waals surface area contributed by atoms with Crippen molar-refractivity contribution in [3.8, 4) is 0 Å². The van der Waals surface area contributed by atoms with Gasteiger partial charge in [-0.1, -0.05) is 0 Å². The summed E-state index contributed by atoms with van der Waals surface area (Å²) in [6.07, 6.45) is 1.21. The number of nitro groups is 1. The highest BCUT2D eigenvalue weighted by Crippen LogP contribution is 2.15. The molecule has 0 aromatic heterocycles. The third-order valence-electron chi connectivity index (χ3n) is 3.10. The van der Waals surface area contributed by atoms with Gasteiger partial charge in [0, 0.05) is 50.9 Å². The number of halogens is 1. The van der Waals surface area contributed by atoms with E-state index in [2.05, 4.69) is 10.6 Å². The van der Waals surface area contributed by atoms with Crippen LogP contribution in [0.25, 0.3) is 0 Å². The number of carbonyl (C=O) groups is 1. The highest BCUT2D eigenvalue weighted by molar-refractivity contribution is 5.85. The zero-order chi connectivity index (χ0) is 15.7. The number of hydrogen-bond donors (Lipinski definition) is 2. The minimum absolute atomic E-state index is 0. The van der Waals surface area contributed by atoms with Crippen molar-refractivity contribution in [3.63, 3.8) is 0 Å². The number of nitro benzene ring substituents is 1. The SMILES string of the molecule is CNCCN(C)C(=O)CCCNc1ccc([N+](=O)[O-])cc1.Cl. The maximum absolute atomic E-state index is 11.8. The van der Waals surface area contributed by atoms with E-state index < -0.39 is 4.92 Å². The molecule has 7 nitrogen and oxygen atoms in total. The van der Waals surface area contributed by atoms with E-state index in [1.54, 1.807) is 24.1 Å². The molecule has 0 heterocycles. The third-order valence-corrected chi connectivity index (χ3v) is 3.10. The fourth-order valence-electron chi connectivity index (χ4n) is 1.77. The summed E-state index contributed by atoms with van der Waals surface area (Å²) in [6.45, 7) is 2.14. The second kappa shape index (κ2) is 10.8. The molecule has 0 aliphatic rings. The summed E-state index contributed by atoms with van der Waals surface area (Å²) in [5, 5.41) is 16.7. The molecule has 0 unspecified atom stereocenters. The number of likely N-dealkylation sites (N-methyl/N-ethyl adjacent to an activating group) is 2. The molecular weight excluding hydrogens is 308 g/mol. The van der Waals surface area contributed by atoms with Gasteiger partial charge in [-0.15, -0.1) is 12.4 Å². The Labute approximate surface area is 136 Å². The summed E-state index contributed by atoms with van der Waals surface area (Å²) >= 11 is 0. The van der Waals surface area contributed by atoms with E-state index >= 15 is 0 Å². The number of non-ortho nitro benzene ring substituents is 1. The van der Waals surface area contributed by atoms with Crippen LogP contribution >= 0.6 is 12.4 Å². The van der Waals surface area contributed by atoms with E-state index in [1.165, 1.54) is 12.1 Å². The van der Waals surface area contributed by atoms with Crippen molar-refractivity contribution in [2.75, 3.05) is 39.0 Å². The van der Waals surface area contributed by atoms with Crippen molar-refractivity contribution in [2.24, 2.45) is 0 Å². The Bertz CT molecular complexity index is 468. The monoisotopic (exact) mass is 330 g/mol. The largest absolute Gasteiger partial charge is 0.385 e. The van der Waals surface area contributed by atoms with E-state index in [9.17, 15) is 14.9 Å². The quantitative estimate of drug-likeness (QED) is 0.410. The van der Waals surface area contributed by atoms with Gasteiger partial charge >= 0.3 is 0 Å². The zero-order valence-corrected chi connectivity index (χ0v) is 13.7. The van der Waals surface area contributed by atoms with E-state index in [-0.39, 0.29) is 24.0 Å². The van der Waals surface area contributed by atoms with Crippen molar-refractivity contribution in [1.29, 1.82) is 0 Å². The second-order valence-corrected chi connectivity index (χ2v) is 4.75. The minimum Gasteiger partial charge on any atom is -0.385 e. The molecule has 0 aliphatic carbocycles. The Morgan fingerprint density at radius 1 is 1.27 bits per heavy atom. The number of amides is 1. The predicted molar refractivity (Wildman–Crippen MR) is 89.6 cm³/mol. The molecule has 22 heavy (non-hydrogen) atoms. The molecule has 0 aliphatic heterocycles. The highest BCUT2D eigenvalue weighted by atomic mass is 35.5. The highest BCUT2D eigenvalue weighted by Gasteiger charge is 2.07. The molecule has 0 spiro atoms. The molecule has 0 fully saturated rings. The van der Waals surface area contributed by atoms with E-state index in [0.717, 1.165) is 18.7 Å². The summed E-state index contributed by atoms with van der Waals surface area (Å²) in [6, 6.07) is 6.25. The Balaban J connectivity index is 0.00000441. The van der Waals surface area contributed by atoms with Gasteiger partial charge in [0.1, 0.15) is 0 Å². The summed E-state index contributed by atoms with van der Waals surface area (Å²) < 4.78 is 0. The Morgan fingerprint density at radius 3 is 2.45 bits per heavy atom. The number of anilines is 1. The van der Waals surface area contributed by atoms with Crippen LogP contribution in [0.3, 0.4) is 0 Å². The van der Waals surface area contributed by atoms with Crippen LogP contribution in [-0.4, -0.2) is 49.5 Å². The van der Waals surface area contributed by atoms with Crippen LogP contribution in [0.4, 0.5) is 11.4 Å². The normalized spacial score (nSPS) is 9.73. The van der Waals surface area contributed by atoms with Gasteiger partial charge in [0.05, 0.1) is 4.92 Å². The van der Waals surface area contributed by atoms with Gasteiger partial charge in [-0.25, -0.2) is 0 Å². The predicted octanol–water partition coefficient (Wildman–Crippen LogP) is 1.89. The average molecular weight is 331 g/mol. The lowest BCUT2D eigenvalue weighted by Gasteiger charge is -2.16. The van der Waals surface area contributed by atoms with Crippen LogP contribution in [0.2, 0.25) is 0 Å². The first-order chi connectivity index (χ1) is 10.0. The Kier molecular flexibility index (Phi) is 9.89. The topological polar surface area (TPSA) is 87.5 Å². The number of nitrogens with one attached hydrogen (secondary N) is 2. The second-order valence-electron chi connectivity index (χ2n) is 4.75. The molecule has 0 atom stereocenters. The van der Waals surface area contributed by atoms with Crippen molar-refractivity contribution in [2.45, 2.75) is 12.8 Å². The van der Waals surface area contributed by atoms with Gasteiger partial charge in [-0.3, -0.25) is 14.9 Å². The fraction of sp³-hybridized carbons (Fsp3) is 0.500. The zero-order valence-electron chi connectivity index (χ0n) is 12.9. The number of carbonyl (C=O) groups excluding carboxylic acids is 1. The van der Waals surface area contributed by atoms with Gasteiger partial charge in [0.2, 0.25) is 5.91 Å². The Hall–Kier alpha value is -1.86. The number of nitrogens with zero attached hydrogens (tertiary/aromatic N) is 2. The number of hydrogen-bond acceptors (Lipinski definition) is 5. The molecule has 8 heteroatoms. The van der Waals surface area contributed by atoms with Crippen LogP contribution < -0.4 is 10.6 Å². The maximum atomic E-state index is 11.8. The van der Waals surface area contributed by atoms with E-state index in [1.807, 2.05) is 7.05 Å². The molecule has 124 valence electrons. The summed E-state index contributed by atoms with van der Waals surface area (Å²) in [5.74, 6) is 0.121. The molecular formula is C14H23ClN4O3. The van der Waals surface area contributed by atoms with Crippen molar-refractivity contribution in [1.82, 2.24) is 10.2 Å². The van der Waals surface area contributed by atoms with E-state index in [0.29, 0.717) is 19.5 Å². The van der Waals surface area contributed by atoms with Gasteiger partial charge in [0.15, 0.2) is 0 Å². The first kappa shape index (κ1) is 20.1. The van der Waals surface area contributed by atoms with Crippen LogP contribution in [-0.2, 0) is 4.79 Å². The molecule has 1 aromatic rings. The molecule has 0 radical (unpaired) electrons. The molecule has 0 saturated heterocycles. The van der Waals surface area contributed by atoms with Crippen LogP contribution in [0.15, 0.2) is 24.3 Å².